The second kappa shape index (κ2) is 7.96. The number of benzene rings is 2. The van der Waals surface area contributed by atoms with Gasteiger partial charge in [0.05, 0.1) is 19.0 Å². The van der Waals surface area contributed by atoms with Crippen LogP contribution in [0.4, 0.5) is 0 Å². The maximum atomic E-state index is 11.5. The van der Waals surface area contributed by atoms with Crippen molar-refractivity contribution >= 4 is 40.2 Å². The highest BCUT2D eigenvalue weighted by atomic mass is 35.5. The molecule has 0 saturated carbocycles. The summed E-state index contributed by atoms with van der Waals surface area (Å²) < 4.78 is 7.88. The molecule has 1 N–H and O–H groups in total. The maximum Gasteiger partial charge on any atom is 0.304 e. The van der Waals surface area contributed by atoms with E-state index < -0.39 is 5.97 Å². The number of aryl methyl sites for hydroxylation is 1. The molecule has 4 nitrogen and oxygen atoms in total. The Labute approximate surface area is 179 Å². The van der Waals surface area contributed by atoms with Gasteiger partial charge in [0.25, 0.3) is 0 Å². The predicted octanol–water partition coefficient (Wildman–Crippen LogP) is 6.54. The van der Waals surface area contributed by atoms with Crippen LogP contribution in [-0.4, -0.2) is 22.8 Å². The molecule has 0 fully saturated rings. The molecule has 2 aromatic carbocycles. The van der Waals surface area contributed by atoms with E-state index in [0.717, 1.165) is 39.7 Å². The summed E-state index contributed by atoms with van der Waals surface area (Å²) in [4.78, 5) is 13.8. The number of aliphatic carboxylic acids is 1. The SMILES string of the molecule is COc1cc(C(C)C)c2c(Sc3ccc(Cl)cc3)c3n(c2c1)CCC3CC(=O)O. The second-order valence-corrected chi connectivity index (χ2v) is 9.29. The number of carbonyl (C=O) groups is 1. The van der Waals surface area contributed by atoms with Gasteiger partial charge >= 0.3 is 5.97 Å². The molecule has 1 aliphatic rings. The van der Waals surface area contributed by atoms with E-state index in [4.69, 9.17) is 16.3 Å². The molecule has 0 aliphatic carbocycles. The van der Waals surface area contributed by atoms with E-state index in [-0.39, 0.29) is 12.3 Å². The Balaban J connectivity index is 1.97. The van der Waals surface area contributed by atoms with Crippen LogP contribution in [0.1, 0.15) is 49.8 Å². The molecule has 29 heavy (non-hydrogen) atoms. The predicted molar refractivity (Wildman–Crippen MR) is 118 cm³/mol. The van der Waals surface area contributed by atoms with Crippen LogP contribution in [-0.2, 0) is 11.3 Å². The fourth-order valence-electron chi connectivity index (χ4n) is 4.24. The molecule has 0 spiro atoms. The van der Waals surface area contributed by atoms with Gasteiger partial charge in [0.1, 0.15) is 5.75 Å². The van der Waals surface area contributed by atoms with Crippen molar-refractivity contribution < 1.29 is 14.6 Å². The van der Waals surface area contributed by atoms with Crippen molar-refractivity contribution in [3.8, 4) is 5.75 Å². The third-order valence-electron chi connectivity index (χ3n) is 5.56. The summed E-state index contributed by atoms with van der Waals surface area (Å²) in [7, 11) is 1.69. The molecule has 0 saturated heterocycles. The lowest BCUT2D eigenvalue weighted by atomic mass is 9.96. The van der Waals surface area contributed by atoms with Crippen LogP contribution >= 0.6 is 23.4 Å². The second-order valence-electron chi connectivity index (χ2n) is 7.77. The highest BCUT2D eigenvalue weighted by Crippen LogP contribution is 2.49. The first-order valence-corrected chi connectivity index (χ1v) is 11.0. The van der Waals surface area contributed by atoms with Crippen molar-refractivity contribution in [2.24, 2.45) is 0 Å². The van der Waals surface area contributed by atoms with Crippen LogP contribution in [0.2, 0.25) is 5.02 Å². The average molecular weight is 430 g/mol. The number of aromatic nitrogens is 1. The van der Waals surface area contributed by atoms with Crippen molar-refractivity contribution in [1.82, 2.24) is 4.57 Å². The van der Waals surface area contributed by atoms with Crippen molar-refractivity contribution in [2.75, 3.05) is 7.11 Å². The molecular weight excluding hydrogens is 406 g/mol. The van der Waals surface area contributed by atoms with Gasteiger partial charge in [-0.1, -0.05) is 37.2 Å². The quantitative estimate of drug-likeness (QED) is 0.483. The van der Waals surface area contributed by atoms with Crippen molar-refractivity contribution in [3.05, 3.63) is 52.7 Å². The highest BCUT2D eigenvalue weighted by molar-refractivity contribution is 7.99. The summed E-state index contributed by atoms with van der Waals surface area (Å²) in [6.07, 6.45) is 0.999. The van der Waals surface area contributed by atoms with Crippen molar-refractivity contribution in [2.45, 2.75) is 54.9 Å². The number of rotatable bonds is 6. The minimum atomic E-state index is -0.752. The lowest BCUT2D eigenvalue weighted by Crippen LogP contribution is -2.04. The Morgan fingerprint density at radius 3 is 2.66 bits per heavy atom. The van der Waals surface area contributed by atoms with Crippen LogP contribution < -0.4 is 4.74 Å². The Morgan fingerprint density at radius 1 is 1.31 bits per heavy atom. The zero-order valence-corrected chi connectivity index (χ0v) is 18.3. The third kappa shape index (κ3) is 3.74. The number of hydrogen-bond donors (Lipinski definition) is 1. The smallest absolute Gasteiger partial charge is 0.304 e. The van der Waals surface area contributed by atoms with Gasteiger partial charge in [0.15, 0.2) is 0 Å². The Bertz CT molecular complexity index is 1070. The number of halogens is 1. The van der Waals surface area contributed by atoms with E-state index in [2.05, 4.69) is 30.5 Å². The summed E-state index contributed by atoms with van der Waals surface area (Å²) >= 11 is 7.77. The van der Waals surface area contributed by atoms with Crippen LogP contribution in [0.3, 0.4) is 0 Å². The van der Waals surface area contributed by atoms with Crippen LogP contribution in [0.5, 0.6) is 5.75 Å². The summed E-state index contributed by atoms with van der Waals surface area (Å²) in [6.45, 7) is 5.20. The average Bonchev–Trinajstić information content (AvgIpc) is 3.22. The molecule has 3 aromatic rings. The number of carboxylic acid groups (broad SMARTS) is 1. The molecule has 0 radical (unpaired) electrons. The molecule has 1 unspecified atom stereocenters. The van der Waals surface area contributed by atoms with E-state index in [1.807, 2.05) is 24.3 Å². The van der Waals surface area contributed by atoms with Crippen molar-refractivity contribution in [1.29, 1.82) is 0 Å². The third-order valence-corrected chi connectivity index (χ3v) is 6.94. The number of carboxylic acids is 1. The zero-order valence-electron chi connectivity index (χ0n) is 16.7. The first-order chi connectivity index (χ1) is 13.9. The summed E-state index contributed by atoms with van der Waals surface area (Å²) in [5.74, 6) is 0.419. The number of methoxy groups -OCH3 is 1. The van der Waals surface area contributed by atoms with Gasteiger partial charge in [0.2, 0.25) is 0 Å². The van der Waals surface area contributed by atoms with Crippen LogP contribution in [0.25, 0.3) is 10.9 Å². The molecule has 2 heterocycles. The molecule has 152 valence electrons. The van der Waals surface area contributed by atoms with Gasteiger partial charge in [-0.15, -0.1) is 0 Å². The summed E-state index contributed by atoms with van der Waals surface area (Å²) in [5, 5.41) is 11.4. The molecule has 0 bridgehead atoms. The topological polar surface area (TPSA) is 51.5 Å². The van der Waals surface area contributed by atoms with Crippen LogP contribution in [0.15, 0.2) is 46.2 Å². The van der Waals surface area contributed by atoms with E-state index >= 15 is 0 Å². The monoisotopic (exact) mass is 429 g/mol. The largest absolute Gasteiger partial charge is 0.497 e. The number of nitrogens with zero attached hydrogens (tertiary/aromatic N) is 1. The van der Waals surface area contributed by atoms with Crippen molar-refractivity contribution in [3.63, 3.8) is 0 Å². The van der Waals surface area contributed by atoms with Gasteiger partial charge in [0, 0.05) is 44.4 Å². The summed E-state index contributed by atoms with van der Waals surface area (Å²) in [5.41, 5.74) is 3.50. The first-order valence-electron chi connectivity index (χ1n) is 9.78. The Hall–Kier alpha value is -2.11. The minimum Gasteiger partial charge on any atom is -0.497 e. The Morgan fingerprint density at radius 2 is 2.03 bits per heavy atom. The zero-order chi connectivity index (χ0) is 20.7. The lowest BCUT2D eigenvalue weighted by molar-refractivity contribution is -0.137. The molecule has 4 rings (SSSR count). The fraction of sp³-hybridized carbons (Fsp3) is 0.348. The number of fused-ring (bicyclic) bond motifs is 3. The number of ether oxygens (including phenoxy) is 1. The standard InChI is InChI=1S/C23H24ClNO3S/c1-13(2)18-11-16(28-3)12-19-21(18)23(29-17-6-4-15(24)5-7-17)22-14(10-20(26)27)8-9-25(19)22/h4-7,11-14H,8-10H2,1-3H3,(H,26,27). The fourth-order valence-corrected chi connectivity index (χ4v) is 5.58. The van der Waals surface area contributed by atoms with Crippen LogP contribution in [0, 0.1) is 0 Å². The lowest BCUT2D eigenvalue weighted by Gasteiger charge is -2.14. The van der Waals surface area contributed by atoms with E-state index in [1.165, 1.54) is 10.9 Å². The summed E-state index contributed by atoms with van der Waals surface area (Å²) in [6, 6.07) is 12.0. The molecular formula is C23H24ClNO3S. The molecule has 1 aliphatic heterocycles. The normalized spacial score (nSPS) is 15.8. The van der Waals surface area contributed by atoms with Gasteiger partial charge in [-0.2, -0.15) is 0 Å². The van der Waals surface area contributed by atoms with E-state index in [0.29, 0.717) is 10.9 Å². The van der Waals surface area contributed by atoms with Gasteiger partial charge in [-0.25, -0.2) is 0 Å². The maximum absolute atomic E-state index is 11.5. The van der Waals surface area contributed by atoms with Gasteiger partial charge < -0.3 is 14.4 Å². The van der Waals surface area contributed by atoms with Gasteiger partial charge in [-0.05, 0) is 48.2 Å². The first kappa shape index (κ1) is 20.2. The van der Waals surface area contributed by atoms with E-state index in [9.17, 15) is 9.90 Å². The molecule has 6 heteroatoms. The highest BCUT2D eigenvalue weighted by Gasteiger charge is 2.33. The molecule has 1 atom stereocenters. The van der Waals surface area contributed by atoms with Gasteiger partial charge in [-0.3, -0.25) is 4.79 Å². The molecule has 1 aromatic heterocycles. The number of hydrogen-bond acceptors (Lipinski definition) is 3. The van der Waals surface area contributed by atoms with E-state index in [1.54, 1.807) is 18.9 Å². The minimum absolute atomic E-state index is 0.0145. The molecule has 0 amide bonds. The Kier molecular flexibility index (Phi) is 5.54.